The van der Waals surface area contributed by atoms with Crippen LogP contribution in [0, 0.1) is 5.92 Å². The molecule has 20 heavy (non-hydrogen) atoms. The number of aromatic nitrogens is 3. The first kappa shape index (κ1) is 12.1. The summed E-state index contributed by atoms with van der Waals surface area (Å²) in [7, 11) is 0. The summed E-state index contributed by atoms with van der Waals surface area (Å²) in [6, 6.07) is 11.4. The van der Waals surface area contributed by atoms with Crippen molar-refractivity contribution in [3.63, 3.8) is 0 Å². The van der Waals surface area contributed by atoms with Crippen LogP contribution in [0.25, 0.3) is 5.69 Å². The normalized spacial score (nSPS) is 29.3. The van der Waals surface area contributed by atoms with Crippen LogP contribution in [0.1, 0.15) is 44.0 Å². The van der Waals surface area contributed by atoms with Crippen molar-refractivity contribution in [3.8, 4) is 5.69 Å². The van der Waals surface area contributed by atoms with Crippen molar-refractivity contribution in [2.45, 2.75) is 44.2 Å². The Labute approximate surface area is 119 Å². The molecule has 1 saturated heterocycles. The molecule has 1 saturated carbocycles. The molecule has 1 aromatic heterocycles. The molecule has 4 rings (SSSR count). The lowest BCUT2D eigenvalue weighted by Gasteiger charge is -2.24. The van der Waals surface area contributed by atoms with E-state index in [-0.39, 0.29) is 0 Å². The van der Waals surface area contributed by atoms with Gasteiger partial charge in [-0.1, -0.05) is 31.0 Å². The zero-order valence-corrected chi connectivity index (χ0v) is 11.6. The Morgan fingerprint density at radius 1 is 1.10 bits per heavy atom. The van der Waals surface area contributed by atoms with Crippen LogP contribution in [0.15, 0.2) is 36.7 Å². The van der Waals surface area contributed by atoms with Gasteiger partial charge in [0.15, 0.2) is 5.82 Å². The van der Waals surface area contributed by atoms with Crippen LogP contribution in [0.3, 0.4) is 0 Å². The number of benzene rings is 1. The molecule has 0 radical (unpaired) electrons. The highest BCUT2D eigenvalue weighted by Gasteiger charge is 2.37. The van der Waals surface area contributed by atoms with Crippen molar-refractivity contribution in [2.75, 3.05) is 0 Å². The number of nitrogens with zero attached hydrogens (tertiary/aromatic N) is 3. The van der Waals surface area contributed by atoms with Gasteiger partial charge in [0.25, 0.3) is 0 Å². The summed E-state index contributed by atoms with van der Waals surface area (Å²) in [5.74, 6) is 1.89. The molecule has 1 aromatic carbocycles. The molecule has 3 atom stereocenters. The fourth-order valence-corrected chi connectivity index (χ4v) is 3.79. The molecule has 3 unspecified atom stereocenters. The van der Waals surface area contributed by atoms with Crippen molar-refractivity contribution in [2.24, 2.45) is 5.92 Å². The van der Waals surface area contributed by atoms with E-state index in [4.69, 9.17) is 0 Å². The Kier molecular flexibility index (Phi) is 3.03. The van der Waals surface area contributed by atoms with Crippen molar-refractivity contribution in [1.82, 2.24) is 20.1 Å². The van der Waals surface area contributed by atoms with Crippen LogP contribution in [-0.2, 0) is 0 Å². The predicted molar refractivity (Wildman–Crippen MR) is 77.6 cm³/mol. The number of hydrogen-bond acceptors (Lipinski definition) is 3. The number of rotatable bonds is 2. The van der Waals surface area contributed by atoms with E-state index in [0.29, 0.717) is 12.1 Å². The number of nitrogens with one attached hydrogen (secondary N) is 1. The summed E-state index contributed by atoms with van der Waals surface area (Å²) >= 11 is 0. The lowest BCUT2D eigenvalue weighted by Crippen LogP contribution is -2.31. The van der Waals surface area contributed by atoms with E-state index < -0.39 is 0 Å². The van der Waals surface area contributed by atoms with Gasteiger partial charge in [0, 0.05) is 11.7 Å². The van der Waals surface area contributed by atoms with Crippen LogP contribution in [0.5, 0.6) is 0 Å². The van der Waals surface area contributed by atoms with Crippen LogP contribution < -0.4 is 5.32 Å². The zero-order valence-electron chi connectivity index (χ0n) is 11.6. The molecule has 2 heterocycles. The Morgan fingerprint density at radius 2 is 1.95 bits per heavy atom. The third-order valence-electron chi connectivity index (χ3n) is 4.78. The van der Waals surface area contributed by atoms with Crippen molar-refractivity contribution in [1.29, 1.82) is 0 Å². The minimum atomic E-state index is 0.353. The van der Waals surface area contributed by atoms with Crippen LogP contribution in [-0.4, -0.2) is 20.8 Å². The minimum absolute atomic E-state index is 0.353. The second kappa shape index (κ2) is 5.02. The zero-order chi connectivity index (χ0) is 13.4. The highest BCUT2D eigenvalue weighted by molar-refractivity contribution is 5.32. The third kappa shape index (κ3) is 2.04. The molecule has 1 aliphatic heterocycles. The Hall–Kier alpha value is -1.68. The Morgan fingerprint density at radius 3 is 2.80 bits per heavy atom. The summed E-state index contributed by atoms with van der Waals surface area (Å²) in [6.45, 7) is 0. The van der Waals surface area contributed by atoms with E-state index in [1.807, 2.05) is 12.4 Å². The summed E-state index contributed by atoms with van der Waals surface area (Å²) in [5, 5.41) is 12.3. The molecule has 0 spiro atoms. The minimum Gasteiger partial charge on any atom is -0.304 e. The van der Waals surface area contributed by atoms with E-state index in [9.17, 15) is 0 Å². The van der Waals surface area contributed by atoms with Gasteiger partial charge >= 0.3 is 0 Å². The summed E-state index contributed by atoms with van der Waals surface area (Å²) in [5.41, 5.74) is 1.14. The lowest BCUT2D eigenvalue weighted by atomic mass is 9.85. The molecular formula is C16H20N4. The molecule has 0 amide bonds. The molecule has 1 N–H and O–H groups in total. The van der Waals surface area contributed by atoms with E-state index in [0.717, 1.165) is 17.4 Å². The average Bonchev–Trinajstić information content (AvgIpc) is 3.14. The van der Waals surface area contributed by atoms with Gasteiger partial charge in [0.1, 0.15) is 6.33 Å². The molecule has 2 fully saturated rings. The molecule has 2 aromatic rings. The van der Waals surface area contributed by atoms with E-state index in [1.165, 1.54) is 32.1 Å². The SMILES string of the molecule is c1ccc(-n2cnnc2C2CC3CCCCC3N2)cc1. The first-order valence-electron chi connectivity index (χ1n) is 7.63. The van der Waals surface area contributed by atoms with Crippen molar-refractivity contribution in [3.05, 3.63) is 42.5 Å². The van der Waals surface area contributed by atoms with Gasteiger partial charge in [0.05, 0.1) is 6.04 Å². The van der Waals surface area contributed by atoms with Gasteiger partial charge in [-0.3, -0.25) is 4.57 Å². The maximum absolute atomic E-state index is 4.38. The number of fused-ring (bicyclic) bond motifs is 1. The molecule has 104 valence electrons. The topological polar surface area (TPSA) is 42.7 Å². The first-order chi connectivity index (χ1) is 9.92. The van der Waals surface area contributed by atoms with Gasteiger partial charge in [0.2, 0.25) is 0 Å². The fraction of sp³-hybridized carbons (Fsp3) is 0.500. The van der Waals surface area contributed by atoms with Gasteiger partial charge in [-0.05, 0) is 37.3 Å². The number of para-hydroxylation sites is 1. The maximum Gasteiger partial charge on any atom is 0.154 e. The Balaban J connectivity index is 1.62. The molecule has 0 bridgehead atoms. The molecule has 2 aliphatic rings. The summed E-state index contributed by atoms with van der Waals surface area (Å²) in [6.07, 6.45) is 8.48. The van der Waals surface area contributed by atoms with Crippen LogP contribution in [0.4, 0.5) is 0 Å². The molecule has 4 heteroatoms. The monoisotopic (exact) mass is 268 g/mol. The van der Waals surface area contributed by atoms with Gasteiger partial charge in [-0.25, -0.2) is 0 Å². The van der Waals surface area contributed by atoms with E-state index >= 15 is 0 Å². The smallest absolute Gasteiger partial charge is 0.154 e. The molecular weight excluding hydrogens is 248 g/mol. The van der Waals surface area contributed by atoms with Crippen LogP contribution in [0.2, 0.25) is 0 Å². The molecule has 1 aliphatic carbocycles. The standard InChI is InChI=1S/C16H20N4/c1-2-7-13(8-3-1)20-11-17-19-16(20)15-10-12-6-4-5-9-14(12)18-15/h1-3,7-8,11-12,14-15,18H,4-6,9-10H2. The largest absolute Gasteiger partial charge is 0.304 e. The van der Waals surface area contributed by atoms with Gasteiger partial charge in [-0.2, -0.15) is 0 Å². The second-order valence-electron chi connectivity index (χ2n) is 6.00. The number of hydrogen-bond donors (Lipinski definition) is 1. The lowest BCUT2D eigenvalue weighted by molar-refractivity contribution is 0.325. The average molecular weight is 268 g/mol. The van der Waals surface area contributed by atoms with E-state index in [2.05, 4.69) is 44.3 Å². The highest BCUT2D eigenvalue weighted by atomic mass is 15.3. The van der Waals surface area contributed by atoms with Crippen molar-refractivity contribution >= 4 is 0 Å². The van der Waals surface area contributed by atoms with Gasteiger partial charge in [-0.15, -0.1) is 10.2 Å². The van der Waals surface area contributed by atoms with Crippen LogP contribution >= 0.6 is 0 Å². The first-order valence-corrected chi connectivity index (χ1v) is 7.63. The second-order valence-corrected chi connectivity index (χ2v) is 6.00. The highest BCUT2D eigenvalue weighted by Crippen LogP contribution is 2.38. The van der Waals surface area contributed by atoms with Crippen molar-refractivity contribution < 1.29 is 0 Å². The maximum atomic E-state index is 4.38. The predicted octanol–water partition coefficient (Wildman–Crippen LogP) is 2.86. The van der Waals surface area contributed by atoms with Gasteiger partial charge < -0.3 is 5.32 Å². The molecule has 4 nitrogen and oxygen atoms in total. The van der Waals surface area contributed by atoms with E-state index in [1.54, 1.807) is 0 Å². The fourth-order valence-electron chi connectivity index (χ4n) is 3.79. The quantitative estimate of drug-likeness (QED) is 0.910. The summed E-state index contributed by atoms with van der Waals surface area (Å²) in [4.78, 5) is 0. The Bertz CT molecular complexity index is 563. The summed E-state index contributed by atoms with van der Waals surface area (Å²) < 4.78 is 2.12. The third-order valence-corrected chi connectivity index (χ3v) is 4.78.